The first kappa shape index (κ1) is 25.7. The van der Waals surface area contributed by atoms with Crippen LogP contribution in [-0.4, -0.2) is 24.5 Å². The van der Waals surface area contributed by atoms with E-state index >= 15 is 0 Å². The van der Waals surface area contributed by atoms with Crippen LogP contribution in [0.3, 0.4) is 0 Å². The standard InChI is InChI=1S/C24H22BN4O6S2/c26-17-7-11-23(12-8-17)36(30,31)28-19-3-1-5-21(15-19)34-25-35-22-6-2-4-20(16-22)29-37(32,33)24-13-9-18(27)10-14-24/h1-16,28-29H,26-27H2. The minimum Gasteiger partial charge on any atom is -0.526 e. The molecule has 189 valence electrons. The zero-order valence-electron chi connectivity index (χ0n) is 19.2. The Balaban J connectivity index is 1.36. The largest absolute Gasteiger partial charge is 0.658 e. The topological polar surface area (TPSA) is 163 Å². The van der Waals surface area contributed by atoms with Gasteiger partial charge in [0.2, 0.25) is 0 Å². The van der Waals surface area contributed by atoms with E-state index in [2.05, 4.69) is 9.44 Å². The van der Waals surface area contributed by atoms with Gasteiger partial charge in [-0.05, 0) is 72.8 Å². The fourth-order valence-corrected chi connectivity index (χ4v) is 5.22. The molecule has 0 saturated heterocycles. The molecule has 0 unspecified atom stereocenters. The van der Waals surface area contributed by atoms with Crippen LogP contribution in [0.4, 0.5) is 22.7 Å². The van der Waals surface area contributed by atoms with Gasteiger partial charge in [0.05, 0.1) is 21.2 Å². The minimum atomic E-state index is -3.82. The summed E-state index contributed by atoms with van der Waals surface area (Å²) in [5.74, 6) is 0.607. The summed E-state index contributed by atoms with van der Waals surface area (Å²) in [7, 11) is -6.59. The van der Waals surface area contributed by atoms with Crippen LogP contribution < -0.4 is 30.2 Å². The number of nitrogens with two attached hydrogens (primary N) is 2. The van der Waals surface area contributed by atoms with Crippen LogP contribution in [0.25, 0.3) is 0 Å². The molecule has 0 atom stereocenters. The van der Waals surface area contributed by atoms with Crippen molar-refractivity contribution in [3.8, 4) is 11.5 Å². The van der Waals surface area contributed by atoms with Crippen LogP contribution in [0.2, 0.25) is 0 Å². The first-order valence-electron chi connectivity index (χ1n) is 10.7. The molecule has 0 heterocycles. The van der Waals surface area contributed by atoms with Crippen molar-refractivity contribution in [3.05, 3.63) is 97.1 Å². The monoisotopic (exact) mass is 537 g/mol. The maximum absolute atomic E-state index is 12.6. The van der Waals surface area contributed by atoms with Crippen LogP contribution in [0.5, 0.6) is 11.5 Å². The fraction of sp³-hybridized carbons (Fsp3) is 0. The smallest absolute Gasteiger partial charge is 0.526 e. The second-order valence-electron chi connectivity index (χ2n) is 7.74. The number of anilines is 4. The molecule has 1 radical (unpaired) electrons. The van der Waals surface area contributed by atoms with Crippen LogP contribution >= 0.6 is 0 Å². The second kappa shape index (κ2) is 10.7. The fourth-order valence-electron chi connectivity index (χ4n) is 3.12. The highest BCUT2D eigenvalue weighted by Gasteiger charge is 2.16. The lowest BCUT2D eigenvalue weighted by atomic mass is 10.2. The van der Waals surface area contributed by atoms with Crippen LogP contribution in [0.1, 0.15) is 0 Å². The van der Waals surface area contributed by atoms with E-state index in [1.165, 1.54) is 60.7 Å². The zero-order valence-corrected chi connectivity index (χ0v) is 20.9. The summed E-state index contributed by atoms with van der Waals surface area (Å²) in [6, 6.07) is 24.1. The van der Waals surface area contributed by atoms with E-state index in [1.807, 2.05) is 0 Å². The molecule has 10 nitrogen and oxygen atoms in total. The van der Waals surface area contributed by atoms with Gasteiger partial charge in [-0.1, -0.05) is 12.1 Å². The third-order valence-electron chi connectivity index (χ3n) is 4.92. The average molecular weight is 537 g/mol. The number of hydrogen-bond donors (Lipinski definition) is 4. The van der Waals surface area contributed by atoms with Crippen molar-refractivity contribution in [1.82, 2.24) is 0 Å². The molecule has 0 aromatic heterocycles. The normalized spacial score (nSPS) is 11.4. The van der Waals surface area contributed by atoms with Gasteiger partial charge in [-0.2, -0.15) is 0 Å². The summed E-state index contributed by atoms with van der Waals surface area (Å²) in [5, 5.41) is 0. The lowest BCUT2D eigenvalue weighted by Gasteiger charge is -2.12. The van der Waals surface area contributed by atoms with E-state index in [1.54, 1.807) is 36.4 Å². The van der Waals surface area contributed by atoms with Gasteiger partial charge >= 0.3 is 7.69 Å². The van der Waals surface area contributed by atoms with E-state index < -0.39 is 20.0 Å². The molecule has 4 aromatic carbocycles. The van der Waals surface area contributed by atoms with Gasteiger partial charge in [-0.25, -0.2) is 16.8 Å². The number of sulfonamides is 2. The Morgan fingerprint density at radius 2 is 0.946 bits per heavy atom. The summed E-state index contributed by atoms with van der Waals surface area (Å²) in [5.41, 5.74) is 12.7. The van der Waals surface area contributed by atoms with Gasteiger partial charge in [0.15, 0.2) is 0 Å². The Morgan fingerprint density at radius 1 is 0.568 bits per heavy atom. The van der Waals surface area contributed by atoms with Crippen molar-refractivity contribution in [2.24, 2.45) is 0 Å². The van der Waals surface area contributed by atoms with Gasteiger partial charge < -0.3 is 20.8 Å². The third kappa shape index (κ3) is 6.87. The van der Waals surface area contributed by atoms with E-state index in [9.17, 15) is 16.8 Å². The molecule has 4 rings (SSSR count). The lowest BCUT2D eigenvalue weighted by Crippen LogP contribution is -2.14. The molecule has 0 amide bonds. The Hall–Kier alpha value is -4.36. The van der Waals surface area contributed by atoms with Crippen LogP contribution in [0.15, 0.2) is 107 Å². The molecule has 13 heteroatoms. The zero-order chi connectivity index (χ0) is 26.5. The van der Waals surface area contributed by atoms with Gasteiger partial charge in [-0.3, -0.25) is 9.44 Å². The first-order chi connectivity index (χ1) is 17.6. The molecule has 0 saturated carbocycles. The highest BCUT2D eigenvalue weighted by molar-refractivity contribution is 7.93. The predicted molar refractivity (Wildman–Crippen MR) is 143 cm³/mol. The summed E-state index contributed by atoms with van der Waals surface area (Å²) in [6.45, 7) is 0. The van der Waals surface area contributed by atoms with Gasteiger partial charge in [-0.15, -0.1) is 0 Å². The summed E-state index contributed by atoms with van der Waals surface area (Å²) < 4.78 is 66.2. The Kier molecular flexibility index (Phi) is 7.46. The van der Waals surface area contributed by atoms with E-state index in [0.717, 1.165) is 7.69 Å². The molecule has 0 fully saturated rings. The molecule has 6 N–H and O–H groups in total. The van der Waals surface area contributed by atoms with Gasteiger partial charge in [0.1, 0.15) is 11.5 Å². The van der Waals surface area contributed by atoms with Crippen molar-refractivity contribution in [1.29, 1.82) is 0 Å². The maximum atomic E-state index is 12.6. The van der Waals surface area contributed by atoms with Crippen LogP contribution in [0, 0.1) is 0 Å². The van der Waals surface area contributed by atoms with Crippen molar-refractivity contribution >= 4 is 50.5 Å². The number of benzene rings is 4. The van der Waals surface area contributed by atoms with Gasteiger partial charge in [0, 0.05) is 23.5 Å². The molecular formula is C24H22BN4O6S2. The average Bonchev–Trinajstić information content (AvgIpc) is 2.84. The molecule has 0 aliphatic heterocycles. The molecule has 4 aromatic rings. The van der Waals surface area contributed by atoms with Crippen LogP contribution in [-0.2, 0) is 20.0 Å². The number of nitrogens with one attached hydrogen (secondary N) is 2. The number of nitrogen functional groups attached to an aromatic ring is 2. The number of rotatable bonds is 10. The van der Waals surface area contributed by atoms with Gasteiger partial charge in [0.25, 0.3) is 20.0 Å². The molecule has 0 spiro atoms. The lowest BCUT2D eigenvalue weighted by molar-refractivity contribution is 0.459. The summed E-state index contributed by atoms with van der Waals surface area (Å²) >= 11 is 0. The van der Waals surface area contributed by atoms with E-state index in [4.69, 9.17) is 20.8 Å². The molecule has 0 aliphatic carbocycles. The summed E-state index contributed by atoms with van der Waals surface area (Å²) in [6.07, 6.45) is 0. The van der Waals surface area contributed by atoms with Crippen molar-refractivity contribution in [2.45, 2.75) is 9.79 Å². The Bertz CT molecular complexity index is 1480. The van der Waals surface area contributed by atoms with Crippen molar-refractivity contribution in [2.75, 3.05) is 20.9 Å². The molecule has 0 bridgehead atoms. The highest BCUT2D eigenvalue weighted by Crippen LogP contribution is 2.23. The van der Waals surface area contributed by atoms with Crippen molar-refractivity contribution < 1.29 is 26.1 Å². The molecule has 37 heavy (non-hydrogen) atoms. The third-order valence-corrected chi connectivity index (χ3v) is 7.72. The molecular weight excluding hydrogens is 515 g/mol. The quantitative estimate of drug-likeness (QED) is 0.177. The minimum absolute atomic E-state index is 0.0646. The van der Waals surface area contributed by atoms with E-state index in [0.29, 0.717) is 22.9 Å². The first-order valence-corrected chi connectivity index (χ1v) is 13.7. The predicted octanol–water partition coefficient (Wildman–Crippen LogP) is 3.44. The Morgan fingerprint density at radius 3 is 1.32 bits per heavy atom. The summed E-state index contributed by atoms with van der Waals surface area (Å²) in [4.78, 5) is 0.129. The maximum Gasteiger partial charge on any atom is 0.658 e. The van der Waals surface area contributed by atoms with E-state index in [-0.39, 0.29) is 21.2 Å². The molecule has 0 aliphatic rings. The van der Waals surface area contributed by atoms with Crippen molar-refractivity contribution in [3.63, 3.8) is 0 Å². The Labute approximate surface area is 215 Å². The highest BCUT2D eigenvalue weighted by atomic mass is 32.2. The second-order valence-corrected chi connectivity index (χ2v) is 11.1. The number of hydrogen-bond acceptors (Lipinski definition) is 8. The SMILES string of the molecule is Nc1ccc(S(=O)(=O)Nc2cccc(O[B]Oc3cccc(NS(=O)(=O)c4ccc(N)cc4)c3)c2)cc1.